The van der Waals surface area contributed by atoms with Gasteiger partial charge in [-0.05, 0) is 42.8 Å². The van der Waals surface area contributed by atoms with Gasteiger partial charge in [0.2, 0.25) is 5.43 Å². The lowest BCUT2D eigenvalue weighted by Crippen LogP contribution is -2.46. The summed E-state index contributed by atoms with van der Waals surface area (Å²) in [4.78, 5) is 33.5. The summed E-state index contributed by atoms with van der Waals surface area (Å²) >= 11 is 6.48. The Hall–Kier alpha value is -4.21. The number of aryl methyl sites for hydroxylation is 1. The number of imidazole rings is 1. The van der Waals surface area contributed by atoms with E-state index in [1.807, 2.05) is 54.3 Å². The van der Waals surface area contributed by atoms with Gasteiger partial charge in [0.1, 0.15) is 17.2 Å². The van der Waals surface area contributed by atoms with E-state index < -0.39 is 17.2 Å². The Bertz CT molecular complexity index is 1840. The molecule has 1 saturated heterocycles. The molecule has 2 aromatic heterocycles. The summed E-state index contributed by atoms with van der Waals surface area (Å²) in [5.41, 5.74) is 2.90. The molecular formula is C31H29ClFN5O3. The Morgan fingerprint density at radius 2 is 1.73 bits per heavy atom. The lowest BCUT2D eigenvalue weighted by molar-refractivity contribution is 0.0695. The molecule has 0 bridgehead atoms. The SMILES string of the molecule is CCn1cc(C(=O)O)c(=O)c2cc(F)c(N3CCN(Cc4nc5ccccc5n4Cc4ccccc4Cl)CC3)cc21. The van der Waals surface area contributed by atoms with Crippen molar-refractivity contribution in [3.05, 3.63) is 105 Å². The number of nitrogens with zero attached hydrogens (tertiary/aromatic N) is 5. The zero-order valence-electron chi connectivity index (χ0n) is 22.6. The number of carbonyl (C=O) groups is 1. The quantitative estimate of drug-likeness (QED) is 0.287. The number of carboxylic acids is 1. The Labute approximate surface area is 240 Å². The van der Waals surface area contributed by atoms with Crippen LogP contribution in [0.2, 0.25) is 5.02 Å². The van der Waals surface area contributed by atoms with Crippen LogP contribution < -0.4 is 10.3 Å². The monoisotopic (exact) mass is 573 g/mol. The summed E-state index contributed by atoms with van der Waals surface area (Å²) in [6, 6.07) is 18.7. The second kappa shape index (κ2) is 11.0. The van der Waals surface area contributed by atoms with Crippen LogP contribution in [0.3, 0.4) is 0 Å². The van der Waals surface area contributed by atoms with Gasteiger partial charge in [0.25, 0.3) is 0 Å². The second-order valence-electron chi connectivity index (χ2n) is 10.2. The smallest absolute Gasteiger partial charge is 0.341 e. The van der Waals surface area contributed by atoms with Crippen LogP contribution in [0, 0.1) is 5.82 Å². The zero-order chi connectivity index (χ0) is 28.7. The molecule has 0 spiro atoms. The van der Waals surface area contributed by atoms with Crippen molar-refractivity contribution in [3.8, 4) is 0 Å². The molecular weight excluding hydrogens is 545 g/mol. The first kappa shape index (κ1) is 27.0. The number of hydrogen-bond donors (Lipinski definition) is 1. The molecule has 1 aliphatic rings. The molecule has 10 heteroatoms. The fourth-order valence-corrected chi connectivity index (χ4v) is 5.82. The maximum Gasteiger partial charge on any atom is 0.341 e. The van der Waals surface area contributed by atoms with E-state index in [1.165, 1.54) is 12.3 Å². The maximum atomic E-state index is 15.3. The number of piperazine rings is 1. The first-order chi connectivity index (χ1) is 19.8. The van der Waals surface area contributed by atoms with Crippen molar-refractivity contribution >= 4 is 45.2 Å². The standard InChI is InChI=1S/C31H29ClFN5O3/c1-2-36-18-22(31(40)41)30(39)21-15-24(33)28(16-27(21)36)37-13-11-35(12-14-37)19-29-34-25-9-5-6-10-26(25)38(29)17-20-7-3-4-8-23(20)32/h3-10,15-16,18H,2,11-14,17,19H2,1H3,(H,40,41). The topological polar surface area (TPSA) is 83.6 Å². The van der Waals surface area contributed by atoms with Crippen molar-refractivity contribution in [2.24, 2.45) is 0 Å². The third-order valence-electron chi connectivity index (χ3n) is 7.82. The van der Waals surface area contributed by atoms with Gasteiger partial charge in [-0.3, -0.25) is 9.69 Å². The number of fused-ring (bicyclic) bond motifs is 2. The molecule has 41 heavy (non-hydrogen) atoms. The second-order valence-corrected chi connectivity index (χ2v) is 10.6. The first-order valence-electron chi connectivity index (χ1n) is 13.6. The largest absolute Gasteiger partial charge is 0.477 e. The minimum Gasteiger partial charge on any atom is -0.477 e. The fourth-order valence-electron chi connectivity index (χ4n) is 5.62. The van der Waals surface area contributed by atoms with Crippen LogP contribution in [0.4, 0.5) is 10.1 Å². The summed E-state index contributed by atoms with van der Waals surface area (Å²) in [6.07, 6.45) is 1.33. The van der Waals surface area contributed by atoms with E-state index >= 15 is 4.39 Å². The van der Waals surface area contributed by atoms with E-state index in [0.29, 0.717) is 57.0 Å². The molecule has 0 amide bonds. The van der Waals surface area contributed by atoms with Crippen molar-refractivity contribution in [1.82, 2.24) is 19.0 Å². The number of para-hydroxylation sites is 2. The van der Waals surface area contributed by atoms with Gasteiger partial charge in [0.05, 0.1) is 35.3 Å². The van der Waals surface area contributed by atoms with Crippen LogP contribution in [-0.4, -0.2) is 56.3 Å². The number of aromatic carboxylic acids is 1. The number of benzene rings is 3. The molecule has 0 saturated carbocycles. The third kappa shape index (κ3) is 5.07. The highest BCUT2D eigenvalue weighted by atomic mass is 35.5. The lowest BCUT2D eigenvalue weighted by atomic mass is 10.1. The first-order valence-corrected chi connectivity index (χ1v) is 14.0. The molecule has 1 aliphatic heterocycles. The van der Waals surface area contributed by atoms with Gasteiger partial charge in [0.15, 0.2) is 0 Å². The number of halogens is 2. The lowest BCUT2D eigenvalue weighted by Gasteiger charge is -2.36. The van der Waals surface area contributed by atoms with Crippen molar-refractivity contribution in [2.75, 3.05) is 31.1 Å². The van der Waals surface area contributed by atoms with Gasteiger partial charge >= 0.3 is 5.97 Å². The predicted molar refractivity (Wildman–Crippen MR) is 159 cm³/mol. The Kier molecular flexibility index (Phi) is 7.23. The summed E-state index contributed by atoms with van der Waals surface area (Å²) in [6.45, 7) is 6.15. The molecule has 8 nitrogen and oxygen atoms in total. The Morgan fingerprint density at radius 1 is 1.00 bits per heavy atom. The van der Waals surface area contributed by atoms with Gasteiger partial charge in [0, 0.05) is 49.3 Å². The summed E-state index contributed by atoms with van der Waals surface area (Å²) in [7, 11) is 0. The van der Waals surface area contributed by atoms with Crippen LogP contribution >= 0.6 is 11.6 Å². The van der Waals surface area contributed by atoms with E-state index in [9.17, 15) is 14.7 Å². The van der Waals surface area contributed by atoms with Crippen molar-refractivity contribution in [3.63, 3.8) is 0 Å². The van der Waals surface area contributed by atoms with Crippen LogP contribution in [0.1, 0.15) is 28.7 Å². The molecule has 3 aromatic carbocycles. The Balaban J connectivity index is 1.24. The van der Waals surface area contributed by atoms with Crippen LogP contribution in [0.5, 0.6) is 0 Å². The highest BCUT2D eigenvalue weighted by molar-refractivity contribution is 6.31. The van der Waals surface area contributed by atoms with Gasteiger partial charge < -0.3 is 19.1 Å². The van der Waals surface area contributed by atoms with Crippen molar-refractivity contribution in [2.45, 2.75) is 26.6 Å². The van der Waals surface area contributed by atoms with Gasteiger partial charge in [-0.2, -0.15) is 0 Å². The molecule has 5 aromatic rings. The molecule has 3 heterocycles. The van der Waals surface area contributed by atoms with Crippen LogP contribution in [0.25, 0.3) is 21.9 Å². The summed E-state index contributed by atoms with van der Waals surface area (Å²) < 4.78 is 19.2. The summed E-state index contributed by atoms with van der Waals surface area (Å²) in [5.74, 6) is -0.910. The molecule has 0 aliphatic carbocycles. The summed E-state index contributed by atoms with van der Waals surface area (Å²) in [5, 5.41) is 10.2. The molecule has 0 radical (unpaired) electrons. The van der Waals surface area contributed by atoms with Crippen molar-refractivity contribution < 1.29 is 14.3 Å². The van der Waals surface area contributed by atoms with Crippen LogP contribution in [-0.2, 0) is 19.6 Å². The van der Waals surface area contributed by atoms with E-state index in [2.05, 4.69) is 15.5 Å². The van der Waals surface area contributed by atoms with E-state index in [0.717, 1.165) is 27.4 Å². The minimum absolute atomic E-state index is 0.0732. The number of anilines is 1. The minimum atomic E-state index is -1.32. The van der Waals surface area contributed by atoms with Gasteiger partial charge in [-0.25, -0.2) is 14.2 Å². The van der Waals surface area contributed by atoms with Crippen molar-refractivity contribution in [1.29, 1.82) is 0 Å². The number of rotatable bonds is 7. The van der Waals surface area contributed by atoms with Gasteiger partial charge in [-0.15, -0.1) is 0 Å². The molecule has 0 unspecified atom stereocenters. The van der Waals surface area contributed by atoms with E-state index in [1.54, 1.807) is 10.6 Å². The van der Waals surface area contributed by atoms with E-state index in [-0.39, 0.29) is 10.9 Å². The average Bonchev–Trinajstić information content (AvgIpc) is 3.31. The maximum absolute atomic E-state index is 15.3. The third-order valence-corrected chi connectivity index (χ3v) is 8.19. The molecule has 210 valence electrons. The number of hydrogen-bond acceptors (Lipinski definition) is 5. The molecule has 6 rings (SSSR count). The van der Waals surface area contributed by atoms with Gasteiger partial charge in [-0.1, -0.05) is 41.9 Å². The highest BCUT2D eigenvalue weighted by Crippen LogP contribution is 2.27. The average molecular weight is 574 g/mol. The molecule has 1 N–H and O–H groups in total. The molecule has 0 atom stereocenters. The highest BCUT2D eigenvalue weighted by Gasteiger charge is 2.24. The normalized spacial score (nSPS) is 14.3. The number of pyridine rings is 1. The predicted octanol–water partition coefficient (Wildman–Crippen LogP) is 5.23. The number of carboxylic acid groups (broad SMARTS) is 1. The Morgan fingerprint density at radius 3 is 2.46 bits per heavy atom. The van der Waals surface area contributed by atoms with Crippen LogP contribution in [0.15, 0.2) is 71.7 Å². The zero-order valence-corrected chi connectivity index (χ0v) is 23.3. The molecule has 1 fully saturated rings. The fraction of sp³-hybridized carbons (Fsp3) is 0.258. The number of aromatic nitrogens is 3. The van der Waals surface area contributed by atoms with E-state index in [4.69, 9.17) is 16.6 Å².